The first-order chi connectivity index (χ1) is 16.7. The van der Waals surface area contributed by atoms with E-state index in [1.54, 1.807) is 9.80 Å². The first kappa shape index (κ1) is 23.7. The van der Waals surface area contributed by atoms with Crippen LogP contribution in [-0.4, -0.2) is 73.6 Å². The number of carbonyl (C=O) groups is 2. The van der Waals surface area contributed by atoms with Gasteiger partial charge in [0.25, 0.3) is 0 Å². The lowest BCUT2D eigenvalue weighted by molar-refractivity contribution is 0.102. The second kappa shape index (κ2) is 12.2. The fraction of sp³-hybridized carbons (Fsp3) is 0.462. The van der Waals surface area contributed by atoms with Crippen LogP contribution < -0.4 is 9.47 Å². The predicted molar refractivity (Wildman–Crippen MR) is 126 cm³/mol. The highest BCUT2D eigenvalue weighted by Crippen LogP contribution is 2.17. The molecule has 2 atom stereocenters. The van der Waals surface area contributed by atoms with E-state index in [2.05, 4.69) is 0 Å². The molecule has 2 aliphatic rings. The number of hydrogen-bond acceptors (Lipinski definition) is 6. The highest BCUT2D eigenvalue weighted by Gasteiger charge is 2.32. The monoisotopic (exact) mass is 468 g/mol. The van der Waals surface area contributed by atoms with E-state index in [1.807, 2.05) is 60.7 Å². The van der Waals surface area contributed by atoms with E-state index in [0.717, 1.165) is 37.2 Å². The SMILES string of the molecule is O=C1O[C@H](COc2ccccc2)CN1CCCCCCN1C[C@H](COc2ccccc2)OC1=O. The summed E-state index contributed by atoms with van der Waals surface area (Å²) in [6.07, 6.45) is 2.74. The molecule has 8 nitrogen and oxygen atoms in total. The number of para-hydroxylation sites is 2. The summed E-state index contributed by atoms with van der Waals surface area (Å²) in [6.45, 7) is 3.16. The van der Waals surface area contributed by atoms with Crippen LogP contribution in [0.3, 0.4) is 0 Å². The summed E-state index contributed by atoms with van der Waals surface area (Å²) in [5.74, 6) is 1.54. The average Bonchev–Trinajstić information content (AvgIpc) is 3.41. The van der Waals surface area contributed by atoms with E-state index < -0.39 is 0 Å². The van der Waals surface area contributed by atoms with Gasteiger partial charge < -0.3 is 28.7 Å². The summed E-state index contributed by atoms with van der Waals surface area (Å²) in [5.41, 5.74) is 0. The lowest BCUT2D eigenvalue weighted by Gasteiger charge is -2.14. The third-order valence-electron chi connectivity index (χ3n) is 5.86. The van der Waals surface area contributed by atoms with E-state index in [4.69, 9.17) is 18.9 Å². The van der Waals surface area contributed by atoms with Gasteiger partial charge in [-0.25, -0.2) is 9.59 Å². The lowest BCUT2D eigenvalue weighted by Crippen LogP contribution is -2.28. The number of hydrogen-bond donors (Lipinski definition) is 0. The van der Waals surface area contributed by atoms with Crippen molar-refractivity contribution in [1.29, 1.82) is 0 Å². The lowest BCUT2D eigenvalue weighted by atomic mass is 10.2. The summed E-state index contributed by atoms with van der Waals surface area (Å²) in [4.78, 5) is 27.6. The maximum Gasteiger partial charge on any atom is 0.410 e. The fourth-order valence-corrected chi connectivity index (χ4v) is 4.06. The van der Waals surface area contributed by atoms with Crippen molar-refractivity contribution in [2.75, 3.05) is 39.4 Å². The third-order valence-corrected chi connectivity index (χ3v) is 5.86. The van der Waals surface area contributed by atoms with Crippen LogP contribution in [0, 0.1) is 0 Å². The number of benzene rings is 2. The zero-order chi connectivity index (χ0) is 23.6. The van der Waals surface area contributed by atoms with Crippen LogP contribution in [0.2, 0.25) is 0 Å². The molecule has 0 aromatic heterocycles. The van der Waals surface area contributed by atoms with Crippen molar-refractivity contribution >= 4 is 12.2 Å². The molecule has 2 fully saturated rings. The zero-order valence-electron chi connectivity index (χ0n) is 19.3. The van der Waals surface area contributed by atoms with Gasteiger partial charge in [0.2, 0.25) is 0 Å². The van der Waals surface area contributed by atoms with Gasteiger partial charge in [-0.3, -0.25) is 0 Å². The third kappa shape index (κ3) is 7.04. The van der Waals surface area contributed by atoms with Crippen molar-refractivity contribution in [3.63, 3.8) is 0 Å². The average molecular weight is 469 g/mol. The van der Waals surface area contributed by atoms with E-state index in [1.165, 1.54) is 0 Å². The largest absolute Gasteiger partial charge is 0.490 e. The van der Waals surface area contributed by atoms with E-state index >= 15 is 0 Å². The minimum atomic E-state index is -0.273. The molecule has 8 heteroatoms. The van der Waals surface area contributed by atoms with Crippen molar-refractivity contribution in [3.05, 3.63) is 60.7 Å². The van der Waals surface area contributed by atoms with Crippen molar-refractivity contribution < 1.29 is 28.5 Å². The molecule has 0 radical (unpaired) electrons. The van der Waals surface area contributed by atoms with Gasteiger partial charge in [-0.1, -0.05) is 49.2 Å². The maximum atomic E-state index is 12.1. The van der Waals surface area contributed by atoms with Crippen LogP contribution in [0.15, 0.2) is 60.7 Å². The quantitative estimate of drug-likeness (QED) is 0.407. The Morgan fingerprint density at radius 3 is 1.47 bits per heavy atom. The van der Waals surface area contributed by atoms with Crippen molar-refractivity contribution in [2.45, 2.75) is 37.9 Å². The van der Waals surface area contributed by atoms with Gasteiger partial charge >= 0.3 is 12.2 Å². The number of cyclic esters (lactones) is 2. The smallest absolute Gasteiger partial charge is 0.410 e. The molecule has 0 spiro atoms. The number of ether oxygens (including phenoxy) is 4. The molecule has 2 aromatic rings. The van der Waals surface area contributed by atoms with Gasteiger partial charge in [-0.15, -0.1) is 0 Å². The molecule has 34 heavy (non-hydrogen) atoms. The highest BCUT2D eigenvalue weighted by atomic mass is 16.6. The molecule has 182 valence electrons. The van der Waals surface area contributed by atoms with Crippen LogP contribution in [0.5, 0.6) is 11.5 Å². The Hall–Kier alpha value is -3.42. The number of amides is 2. The molecule has 2 heterocycles. The molecule has 2 aliphatic heterocycles. The van der Waals surface area contributed by atoms with Gasteiger partial charge in [0.15, 0.2) is 12.2 Å². The summed E-state index contributed by atoms with van der Waals surface area (Å²) >= 11 is 0. The van der Waals surface area contributed by atoms with Crippen LogP contribution >= 0.6 is 0 Å². The van der Waals surface area contributed by atoms with Crippen LogP contribution in [0.1, 0.15) is 25.7 Å². The minimum absolute atomic E-state index is 0.243. The summed E-state index contributed by atoms with van der Waals surface area (Å²) in [7, 11) is 0. The summed E-state index contributed by atoms with van der Waals surface area (Å²) < 4.78 is 22.2. The topological polar surface area (TPSA) is 77.5 Å². The number of rotatable bonds is 13. The van der Waals surface area contributed by atoms with Gasteiger partial charge in [0, 0.05) is 13.1 Å². The molecule has 2 amide bonds. The van der Waals surface area contributed by atoms with E-state index in [0.29, 0.717) is 39.4 Å². The molecule has 0 unspecified atom stereocenters. The molecule has 0 saturated carbocycles. The van der Waals surface area contributed by atoms with E-state index in [9.17, 15) is 9.59 Å². The van der Waals surface area contributed by atoms with Gasteiger partial charge in [0.05, 0.1) is 13.1 Å². The normalized spacial score (nSPS) is 19.8. The number of nitrogens with zero attached hydrogens (tertiary/aromatic N) is 2. The Labute approximate surface area is 200 Å². The minimum Gasteiger partial charge on any atom is -0.490 e. The number of unbranched alkanes of at least 4 members (excludes halogenated alkanes) is 3. The second-order valence-electron chi connectivity index (χ2n) is 8.57. The predicted octanol–water partition coefficient (Wildman–Crippen LogP) is 4.35. The van der Waals surface area contributed by atoms with Gasteiger partial charge in [0.1, 0.15) is 24.7 Å². The molecular weight excluding hydrogens is 436 g/mol. The van der Waals surface area contributed by atoms with Gasteiger partial charge in [-0.2, -0.15) is 0 Å². The Balaban J connectivity index is 1.05. The van der Waals surface area contributed by atoms with Crippen molar-refractivity contribution in [1.82, 2.24) is 9.80 Å². The fourth-order valence-electron chi connectivity index (χ4n) is 4.06. The van der Waals surface area contributed by atoms with Gasteiger partial charge in [-0.05, 0) is 37.1 Å². The van der Waals surface area contributed by atoms with Crippen LogP contribution in [0.25, 0.3) is 0 Å². The van der Waals surface area contributed by atoms with Crippen molar-refractivity contribution in [3.8, 4) is 11.5 Å². The van der Waals surface area contributed by atoms with Crippen LogP contribution in [0.4, 0.5) is 9.59 Å². The Kier molecular flexibility index (Phi) is 8.48. The molecule has 0 bridgehead atoms. The maximum absolute atomic E-state index is 12.1. The molecular formula is C26H32N2O6. The molecule has 0 N–H and O–H groups in total. The Bertz CT molecular complexity index is 835. The zero-order valence-corrected chi connectivity index (χ0v) is 19.3. The molecule has 2 aromatic carbocycles. The second-order valence-corrected chi connectivity index (χ2v) is 8.57. The molecule has 2 saturated heterocycles. The summed E-state index contributed by atoms with van der Waals surface area (Å²) in [5, 5.41) is 0. The molecule has 4 rings (SSSR count). The Morgan fingerprint density at radius 2 is 1.06 bits per heavy atom. The first-order valence-electron chi connectivity index (χ1n) is 11.9. The summed E-state index contributed by atoms with van der Waals surface area (Å²) in [6, 6.07) is 19.0. The standard InChI is InChI=1S/C26H32N2O6/c29-25-27(17-23(33-25)19-31-21-11-5-3-6-12-21)15-9-1-2-10-16-28-18-24(34-26(28)30)20-32-22-13-7-4-8-14-22/h3-8,11-14,23-24H,1-2,9-10,15-20H2/t23-,24+. The van der Waals surface area contributed by atoms with E-state index in [-0.39, 0.29) is 24.4 Å². The number of carbonyl (C=O) groups excluding carboxylic acids is 2. The van der Waals surface area contributed by atoms with Crippen LogP contribution in [-0.2, 0) is 9.47 Å². The molecule has 0 aliphatic carbocycles. The Morgan fingerprint density at radius 1 is 0.647 bits per heavy atom. The highest BCUT2D eigenvalue weighted by molar-refractivity contribution is 5.70. The van der Waals surface area contributed by atoms with Crippen molar-refractivity contribution in [2.24, 2.45) is 0 Å². The first-order valence-corrected chi connectivity index (χ1v) is 11.9.